The molecule has 1 aliphatic heterocycles. The van der Waals surface area contributed by atoms with Gasteiger partial charge in [-0.2, -0.15) is 0 Å². The Labute approximate surface area is 114 Å². The highest BCUT2D eigenvalue weighted by Gasteiger charge is 2.28. The molecule has 110 valence electrons. The van der Waals surface area contributed by atoms with Crippen molar-refractivity contribution in [1.29, 1.82) is 0 Å². The van der Waals surface area contributed by atoms with Crippen LogP contribution in [0.2, 0.25) is 0 Å². The van der Waals surface area contributed by atoms with Crippen LogP contribution in [0.5, 0.6) is 0 Å². The number of hydrogen-bond donors (Lipinski definition) is 2. The summed E-state index contributed by atoms with van der Waals surface area (Å²) >= 11 is 0. The first kappa shape index (κ1) is 15.8. The minimum absolute atomic E-state index is 0.160. The number of amides is 2. The maximum absolute atomic E-state index is 12.1. The van der Waals surface area contributed by atoms with E-state index in [0.717, 1.165) is 13.0 Å². The molecule has 2 amide bonds. The van der Waals surface area contributed by atoms with E-state index in [2.05, 4.69) is 24.2 Å². The number of likely N-dealkylation sites (N-methyl/N-ethyl adjacent to an activating group) is 1. The van der Waals surface area contributed by atoms with Gasteiger partial charge >= 0.3 is 12.0 Å². The minimum Gasteiger partial charge on any atom is -0.481 e. The Balaban J connectivity index is 2.52. The van der Waals surface area contributed by atoms with Crippen molar-refractivity contribution in [1.82, 2.24) is 15.1 Å². The number of urea groups is 1. The molecule has 1 aliphatic rings. The molecule has 19 heavy (non-hydrogen) atoms. The van der Waals surface area contributed by atoms with Crippen molar-refractivity contribution in [2.45, 2.75) is 39.3 Å². The number of aliphatic carboxylic acids is 1. The number of piperazine rings is 1. The van der Waals surface area contributed by atoms with Gasteiger partial charge in [-0.1, -0.05) is 6.92 Å². The van der Waals surface area contributed by atoms with E-state index >= 15 is 0 Å². The summed E-state index contributed by atoms with van der Waals surface area (Å²) in [5.41, 5.74) is 0. The smallest absolute Gasteiger partial charge is 0.317 e. The summed E-state index contributed by atoms with van der Waals surface area (Å²) in [7, 11) is 2.07. The van der Waals surface area contributed by atoms with Crippen LogP contribution in [0.1, 0.15) is 27.2 Å². The number of carboxylic acid groups (broad SMARTS) is 1. The van der Waals surface area contributed by atoms with Gasteiger partial charge < -0.3 is 15.3 Å². The van der Waals surface area contributed by atoms with E-state index in [1.165, 1.54) is 0 Å². The van der Waals surface area contributed by atoms with E-state index in [1.807, 2.05) is 0 Å². The first-order valence-corrected chi connectivity index (χ1v) is 6.85. The number of carbonyl (C=O) groups is 2. The van der Waals surface area contributed by atoms with E-state index in [4.69, 9.17) is 5.11 Å². The number of nitrogens with one attached hydrogen (secondary N) is 1. The summed E-state index contributed by atoms with van der Waals surface area (Å²) < 4.78 is 0. The number of rotatable bonds is 4. The Morgan fingerprint density at radius 1 is 1.37 bits per heavy atom. The third-order valence-corrected chi connectivity index (χ3v) is 4.03. The first-order chi connectivity index (χ1) is 8.86. The number of hydrogen-bond acceptors (Lipinski definition) is 3. The maximum Gasteiger partial charge on any atom is 0.317 e. The molecule has 1 heterocycles. The Bertz CT molecular complexity index is 335. The van der Waals surface area contributed by atoms with E-state index in [-0.39, 0.29) is 12.1 Å². The van der Waals surface area contributed by atoms with E-state index in [0.29, 0.717) is 19.1 Å². The monoisotopic (exact) mass is 271 g/mol. The summed E-state index contributed by atoms with van der Waals surface area (Å²) in [6.45, 7) is 7.68. The average Bonchev–Trinajstić information content (AvgIpc) is 2.37. The first-order valence-electron chi connectivity index (χ1n) is 6.85. The second-order valence-electron chi connectivity index (χ2n) is 5.35. The summed E-state index contributed by atoms with van der Waals surface area (Å²) in [6.07, 6.45) is 1.00. The van der Waals surface area contributed by atoms with Crippen LogP contribution in [0.15, 0.2) is 0 Å². The molecular weight excluding hydrogens is 246 g/mol. The molecule has 3 atom stereocenters. The van der Waals surface area contributed by atoms with Gasteiger partial charge in [-0.15, -0.1) is 0 Å². The highest BCUT2D eigenvalue weighted by atomic mass is 16.4. The molecule has 1 rings (SSSR count). The van der Waals surface area contributed by atoms with Crippen LogP contribution in [0.25, 0.3) is 0 Å². The van der Waals surface area contributed by atoms with Crippen LogP contribution >= 0.6 is 0 Å². The lowest BCUT2D eigenvalue weighted by Gasteiger charge is -2.39. The molecule has 1 saturated heterocycles. The molecule has 2 N–H and O–H groups in total. The van der Waals surface area contributed by atoms with E-state index in [1.54, 1.807) is 18.7 Å². The molecule has 0 aromatic heterocycles. The summed E-state index contributed by atoms with van der Waals surface area (Å²) in [5, 5.41) is 11.7. The van der Waals surface area contributed by atoms with Crippen molar-refractivity contribution in [3.05, 3.63) is 0 Å². The Kier molecular flexibility index (Phi) is 5.60. The third kappa shape index (κ3) is 4.09. The molecule has 0 radical (unpaired) electrons. The van der Waals surface area contributed by atoms with Crippen LogP contribution in [0, 0.1) is 5.92 Å². The SMILES string of the molecule is CCC1CN(C(=O)NC(C)C(C)C(=O)O)CCN1C. The second kappa shape index (κ2) is 6.75. The van der Waals surface area contributed by atoms with Crippen molar-refractivity contribution in [2.75, 3.05) is 26.7 Å². The standard InChI is InChI=1S/C13H25N3O3/c1-5-11-8-16(7-6-15(11)4)13(19)14-10(3)9(2)12(17)18/h9-11H,5-8H2,1-4H3,(H,14,19)(H,17,18). The second-order valence-corrected chi connectivity index (χ2v) is 5.35. The molecule has 0 bridgehead atoms. The summed E-state index contributed by atoms with van der Waals surface area (Å²) in [5.74, 6) is -1.48. The Morgan fingerprint density at radius 3 is 2.53 bits per heavy atom. The molecule has 0 aromatic rings. The third-order valence-electron chi connectivity index (χ3n) is 4.03. The zero-order valence-corrected chi connectivity index (χ0v) is 12.2. The highest BCUT2D eigenvalue weighted by molar-refractivity contribution is 5.76. The summed E-state index contributed by atoms with van der Waals surface area (Å²) in [6, 6.07) is -0.149. The molecule has 6 nitrogen and oxygen atoms in total. The lowest BCUT2D eigenvalue weighted by atomic mass is 10.0. The topological polar surface area (TPSA) is 72.9 Å². The van der Waals surface area contributed by atoms with Crippen LogP contribution in [0.3, 0.4) is 0 Å². The average molecular weight is 271 g/mol. The van der Waals surface area contributed by atoms with E-state index < -0.39 is 11.9 Å². The largest absolute Gasteiger partial charge is 0.481 e. The van der Waals surface area contributed by atoms with Gasteiger partial charge in [0.15, 0.2) is 0 Å². The number of nitrogens with zero attached hydrogens (tertiary/aromatic N) is 2. The molecule has 6 heteroatoms. The molecule has 3 unspecified atom stereocenters. The zero-order valence-electron chi connectivity index (χ0n) is 12.2. The van der Waals surface area contributed by atoms with Crippen molar-refractivity contribution >= 4 is 12.0 Å². The van der Waals surface area contributed by atoms with Crippen LogP contribution in [0.4, 0.5) is 4.79 Å². The molecule has 0 spiro atoms. The predicted octanol–water partition coefficient (Wildman–Crippen LogP) is 0.831. The zero-order chi connectivity index (χ0) is 14.6. The van der Waals surface area contributed by atoms with Gasteiger partial charge in [-0.05, 0) is 27.3 Å². The predicted molar refractivity (Wildman–Crippen MR) is 73.1 cm³/mol. The van der Waals surface area contributed by atoms with Gasteiger partial charge in [0, 0.05) is 31.7 Å². The van der Waals surface area contributed by atoms with Gasteiger partial charge in [-0.3, -0.25) is 9.69 Å². The fourth-order valence-electron chi connectivity index (χ4n) is 2.20. The Morgan fingerprint density at radius 2 is 2.00 bits per heavy atom. The van der Waals surface area contributed by atoms with Crippen molar-refractivity contribution < 1.29 is 14.7 Å². The quantitative estimate of drug-likeness (QED) is 0.794. The molecule has 0 saturated carbocycles. The van der Waals surface area contributed by atoms with Gasteiger partial charge in [0.2, 0.25) is 0 Å². The maximum atomic E-state index is 12.1. The van der Waals surface area contributed by atoms with Gasteiger partial charge in [0.25, 0.3) is 0 Å². The lowest BCUT2D eigenvalue weighted by molar-refractivity contribution is -0.141. The van der Waals surface area contributed by atoms with Gasteiger partial charge in [0.1, 0.15) is 0 Å². The number of carboxylic acids is 1. The van der Waals surface area contributed by atoms with Crippen LogP contribution in [-0.2, 0) is 4.79 Å². The summed E-state index contributed by atoms with van der Waals surface area (Å²) in [4.78, 5) is 27.0. The van der Waals surface area contributed by atoms with Crippen LogP contribution < -0.4 is 5.32 Å². The van der Waals surface area contributed by atoms with Gasteiger partial charge in [0.05, 0.1) is 5.92 Å². The Hall–Kier alpha value is -1.30. The minimum atomic E-state index is -0.891. The normalized spacial score (nSPS) is 23.8. The fourth-order valence-corrected chi connectivity index (χ4v) is 2.20. The highest BCUT2D eigenvalue weighted by Crippen LogP contribution is 2.11. The van der Waals surface area contributed by atoms with Crippen LogP contribution in [-0.4, -0.2) is 65.7 Å². The molecule has 0 aromatic carbocycles. The van der Waals surface area contributed by atoms with Crippen molar-refractivity contribution in [3.8, 4) is 0 Å². The van der Waals surface area contributed by atoms with E-state index in [9.17, 15) is 9.59 Å². The van der Waals surface area contributed by atoms with Crippen molar-refractivity contribution in [2.24, 2.45) is 5.92 Å². The molecule has 1 fully saturated rings. The number of carbonyl (C=O) groups excluding carboxylic acids is 1. The van der Waals surface area contributed by atoms with Crippen molar-refractivity contribution in [3.63, 3.8) is 0 Å². The molecular formula is C13H25N3O3. The fraction of sp³-hybridized carbons (Fsp3) is 0.846. The lowest BCUT2D eigenvalue weighted by Crippen LogP contribution is -2.57. The molecule has 0 aliphatic carbocycles. The van der Waals surface area contributed by atoms with Gasteiger partial charge in [-0.25, -0.2) is 4.79 Å².